The predicted molar refractivity (Wildman–Crippen MR) is 101 cm³/mol. The Bertz CT molecular complexity index is 653. The van der Waals surface area contributed by atoms with Crippen LogP contribution in [0.15, 0.2) is 4.99 Å². The lowest BCUT2D eigenvalue weighted by Crippen LogP contribution is -2.47. The fourth-order valence-electron chi connectivity index (χ4n) is 4.55. The number of carboxylic acids is 1. The standard InChI is InChI=1S/C17H29N3O2.C2HF3O2/c1-12(2)9-20-13(3)18-17(16(20)21)6-5-14-10-19(7-8-22-4)11-15(14)17;3-2(4,5)1(6)7/h12,14-15H,5-11H2,1-4H3;(H,6,7)/t14-,15+,17-;/m1./s1. The molecule has 1 spiro atoms. The van der Waals surface area contributed by atoms with Crippen LogP contribution in [0.25, 0.3) is 0 Å². The number of hydrogen-bond acceptors (Lipinski definition) is 5. The van der Waals surface area contributed by atoms with E-state index in [2.05, 4.69) is 18.7 Å². The molecule has 0 unspecified atom stereocenters. The van der Waals surface area contributed by atoms with E-state index in [9.17, 15) is 18.0 Å². The molecule has 0 aromatic carbocycles. The molecule has 1 saturated heterocycles. The van der Waals surface area contributed by atoms with Crippen LogP contribution >= 0.6 is 0 Å². The van der Waals surface area contributed by atoms with Crippen LogP contribution in [-0.4, -0.2) is 84.2 Å². The number of carboxylic acid groups (broad SMARTS) is 1. The summed E-state index contributed by atoms with van der Waals surface area (Å²) in [4.78, 5) is 31.3. The molecule has 166 valence electrons. The van der Waals surface area contributed by atoms with E-state index in [0.717, 1.165) is 51.5 Å². The Morgan fingerprint density at radius 2 is 2.00 bits per heavy atom. The van der Waals surface area contributed by atoms with Gasteiger partial charge >= 0.3 is 12.1 Å². The van der Waals surface area contributed by atoms with Crippen LogP contribution in [0.2, 0.25) is 0 Å². The van der Waals surface area contributed by atoms with Crippen molar-refractivity contribution in [2.75, 3.05) is 39.9 Å². The number of carbonyl (C=O) groups excluding carboxylic acids is 1. The van der Waals surface area contributed by atoms with Crippen molar-refractivity contribution in [3.63, 3.8) is 0 Å². The van der Waals surface area contributed by atoms with Crippen LogP contribution in [0.4, 0.5) is 13.2 Å². The Morgan fingerprint density at radius 3 is 2.52 bits per heavy atom. The van der Waals surface area contributed by atoms with Gasteiger partial charge in [-0.3, -0.25) is 14.7 Å². The number of nitrogens with zero attached hydrogens (tertiary/aromatic N) is 3. The summed E-state index contributed by atoms with van der Waals surface area (Å²) in [5.74, 6) is -0.0782. The van der Waals surface area contributed by atoms with Crippen molar-refractivity contribution in [1.29, 1.82) is 0 Å². The van der Waals surface area contributed by atoms with Gasteiger partial charge in [0.2, 0.25) is 0 Å². The highest BCUT2D eigenvalue weighted by Crippen LogP contribution is 2.50. The van der Waals surface area contributed by atoms with Gasteiger partial charge in [0.25, 0.3) is 5.91 Å². The molecular formula is C19H30F3N3O4. The van der Waals surface area contributed by atoms with E-state index in [1.54, 1.807) is 7.11 Å². The summed E-state index contributed by atoms with van der Waals surface area (Å²) in [5.41, 5.74) is -0.453. The number of aliphatic carboxylic acids is 1. The number of methoxy groups -OCH3 is 1. The summed E-state index contributed by atoms with van der Waals surface area (Å²) in [5, 5.41) is 7.12. The molecule has 1 N–H and O–H groups in total. The number of alkyl halides is 3. The van der Waals surface area contributed by atoms with E-state index in [1.165, 1.54) is 0 Å². The van der Waals surface area contributed by atoms with E-state index < -0.39 is 17.7 Å². The first-order chi connectivity index (χ1) is 13.4. The summed E-state index contributed by atoms with van der Waals surface area (Å²) in [6.45, 7) is 10.9. The average Bonchev–Trinajstić information content (AvgIpc) is 3.23. The molecule has 7 nitrogen and oxygen atoms in total. The first-order valence-corrected chi connectivity index (χ1v) is 9.82. The van der Waals surface area contributed by atoms with Crippen LogP contribution in [0.5, 0.6) is 0 Å². The van der Waals surface area contributed by atoms with Gasteiger partial charge in [0, 0.05) is 39.2 Å². The number of carbonyl (C=O) groups is 2. The number of amidine groups is 1. The second kappa shape index (κ2) is 8.99. The molecule has 2 heterocycles. The van der Waals surface area contributed by atoms with Crippen molar-refractivity contribution in [3.05, 3.63) is 0 Å². The van der Waals surface area contributed by atoms with Gasteiger partial charge in [-0.1, -0.05) is 13.8 Å². The summed E-state index contributed by atoms with van der Waals surface area (Å²) < 4.78 is 36.9. The zero-order valence-electron chi connectivity index (χ0n) is 17.3. The molecule has 1 aliphatic carbocycles. The third-order valence-corrected chi connectivity index (χ3v) is 5.80. The van der Waals surface area contributed by atoms with Crippen molar-refractivity contribution in [3.8, 4) is 0 Å². The fraction of sp³-hybridized carbons (Fsp3) is 0.842. The first kappa shape index (κ1) is 23.6. The van der Waals surface area contributed by atoms with Crippen molar-refractivity contribution < 1.29 is 32.6 Å². The SMILES string of the molecule is COCCN1C[C@H]2CC[C@@]3(N=C(C)N(CC(C)C)C3=O)[C@H]2C1.O=C(O)C(F)(F)F. The van der Waals surface area contributed by atoms with E-state index >= 15 is 0 Å². The van der Waals surface area contributed by atoms with Crippen LogP contribution in [-0.2, 0) is 14.3 Å². The predicted octanol–water partition coefficient (Wildman–Crippen LogP) is 2.26. The van der Waals surface area contributed by atoms with Gasteiger partial charge < -0.3 is 14.7 Å². The van der Waals surface area contributed by atoms with Gasteiger partial charge in [0.1, 0.15) is 11.4 Å². The highest BCUT2D eigenvalue weighted by Gasteiger charge is 2.60. The molecule has 0 aromatic rings. The lowest BCUT2D eigenvalue weighted by atomic mass is 9.85. The highest BCUT2D eigenvalue weighted by atomic mass is 19.4. The van der Waals surface area contributed by atoms with Gasteiger partial charge in [-0.2, -0.15) is 13.2 Å². The van der Waals surface area contributed by atoms with Crippen LogP contribution < -0.4 is 0 Å². The lowest BCUT2D eigenvalue weighted by molar-refractivity contribution is -0.192. The molecule has 0 bridgehead atoms. The number of aliphatic imine (C=N–C) groups is 1. The number of fused-ring (bicyclic) bond motifs is 2. The number of halogens is 3. The van der Waals surface area contributed by atoms with E-state index in [-0.39, 0.29) is 5.91 Å². The second-order valence-corrected chi connectivity index (χ2v) is 8.35. The summed E-state index contributed by atoms with van der Waals surface area (Å²) >= 11 is 0. The maximum atomic E-state index is 13.1. The highest BCUT2D eigenvalue weighted by molar-refractivity contribution is 6.07. The normalized spacial score (nSPS) is 29.3. The van der Waals surface area contributed by atoms with Crippen molar-refractivity contribution in [2.45, 2.75) is 45.3 Å². The smallest absolute Gasteiger partial charge is 0.475 e. The maximum absolute atomic E-state index is 13.1. The summed E-state index contributed by atoms with van der Waals surface area (Å²) in [6, 6.07) is 0. The Labute approximate surface area is 168 Å². The molecule has 2 aliphatic heterocycles. The maximum Gasteiger partial charge on any atom is 0.490 e. The monoisotopic (exact) mass is 421 g/mol. The average molecular weight is 421 g/mol. The van der Waals surface area contributed by atoms with E-state index in [4.69, 9.17) is 19.6 Å². The fourth-order valence-corrected chi connectivity index (χ4v) is 4.55. The zero-order chi connectivity index (χ0) is 22.0. The molecule has 2 fully saturated rings. The van der Waals surface area contributed by atoms with Crippen molar-refractivity contribution >= 4 is 17.7 Å². The third-order valence-electron chi connectivity index (χ3n) is 5.80. The van der Waals surface area contributed by atoms with Gasteiger partial charge in [-0.25, -0.2) is 4.79 Å². The van der Waals surface area contributed by atoms with Crippen molar-refractivity contribution in [1.82, 2.24) is 9.80 Å². The molecule has 3 atom stereocenters. The topological polar surface area (TPSA) is 82.4 Å². The molecule has 1 amide bonds. The number of likely N-dealkylation sites (tertiary alicyclic amines) is 1. The minimum Gasteiger partial charge on any atom is -0.475 e. The number of amides is 1. The Kier molecular flexibility index (Phi) is 7.32. The Morgan fingerprint density at radius 1 is 1.38 bits per heavy atom. The molecule has 3 aliphatic rings. The van der Waals surface area contributed by atoms with E-state index in [1.807, 2.05) is 11.8 Å². The largest absolute Gasteiger partial charge is 0.490 e. The molecule has 1 saturated carbocycles. The number of hydrogen-bond donors (Lipinski definition) is 1. The van der Waals surface area contributed by atoms with Crippen LogP contribution in [0, 0.1) is 17.8 Å². The molecule has 10 heteroatoms. The lowest BCUT2D eigenvalue weighted by Gasteiger charge is -2.28. The third kappa shape index (κ3) is 5.09. The molecule has 0 radical (unpaired) electrons. The van der Waals surface area contributed by atoms with Crippen molar-refractivity contribution in [2.24, 2.45) is 22.7 Å². The van der Waals surface area contributed by atoms with Crippen LogP contribution in [0.1, 0.15) is 33.6 Å². The zero-order valence-corrected chi connectivity index (χ0v) is 17.3. The quantitative estimate of drug-likeness (QED) is 0.736. The number of rotatable bonds is 5. The first-order valence-electron chi connectivity index (χ1n) is 9.82. The Hall–Kier alpha value is -1.68. The summed E-state index contributed by atoms with van der Waals surface area (Å²) in [7, 11) is 1.75. The molecule has 3 rings (SSSR count). The molecular weight excluding hydrogens is 391 g/mol. The van der Waals surface area contributed by atoms with Crippen LogP contribution in [0.3, 0.4) is 0 Å². The van der Waals surface area contributed by atoms with E-state index in [0.29, 0.717) is 17.8 Å². The second-order valence-electron chi connectivity index (χ2n) is 8.35. The Balaban J connectivity index is 0.000000370. The molecule has 0 aromatic heterocycles. The minimum absolute atomic E-state index is 0.264. The minimum atomic E-state index is -5.08. The summed E-state index contributed by atoms with van der Waals surface area (Å²) in [6.07, 6.45) is -3.02. The molecule has 29 heavy (non-hydrogen) atoms. The van der Waals surface area contributed by atoms with Gasteiger partial charge in [0.15, 0.2) is 0 Å². The number of ether oxygens (including phenoxy) is 1. The van der Waals surface area contributed by atoms with Gasteiger partial charge in [0.05, 0.1) is 6.61 Å². The van der Waals surface area contributed by atoms with Gasteiger partial charge in [-0.15, -0.1) is 0 Å². The van der Waals surface area contributed by atoms with Gasteiger partial charge in [-0.05, 0) is 31.6 Å².